The molecule has 0 aliphatic rings. The predicted molar refractivity (Wildman–Crippen MR) is 62.7 cm³/mol. The van der Waals surface area contributed by atoms with Crippen molar-refractivity contribution in [1.82, 2.24) is 9.97 Å². The van der Waals surface area contributed by atoms with Crippen LogP contribution in [0.25, 0.3) is 0 Å². The molecule has 0 saturated heterocycles. The average molecular weight is 236 g/mol. The van der Waals surface area contributed by atoms with E-state index in [4.69, 9.17) is 22.1 Å². The van der Waals surface area contributed by atoms with Crippen molar-refractivity contribution in [2.45, 2.75) is 6.92 Å². The molecule has 0 bridgehead atoms. The summed E-state index contributed by atoms with van der Waals surface area (Å²) >= 11 is 5.75. The van der Waals surface area contributed by atoms with Gasteiger partial charge in [-0.2, -0.15) is 4.98 Å². The van der Waals surface area contributed by atoms with Gasteiger partial charge in [-0.05, 0) is 19.1 Å². The van der Waals surface area contributed by atoms with Crippen molar-refractivity contribution in [3.05, 3.63) is 41.3 Å². The van der Waals surface area contributed by atoms with E-state index in [1.165, 1.54) is 6.33 Å². The summed E-state index contributed by atoms with van der Waals surface area (Å²) in [5.74, 6) is 0.927. The second-order valence-corrected chi connectivity index (χ2v) is 3.66. The van der Waals surface area contributed by atoms with Gasteiger partial charge in [0.2, 0.25) is 5.88 Å². The maximum Gasteiger partial charge on any atom is 0.247 e. The number of aryl methyl sites for hydroxylation is 1. The van der Waals surface area contributed by atoms with Gasteiger partial charge in [0, 0.05) is 0 Å². The monoisotopic (exact) mass is 235 g/mol. The fourth-order valence-corrected chi connectivity index (χ4v) is 1.28. The molecule has 0 radical (unpaired) electrons. The van der Waals surface area contributed by atoms with Crippen LogP contribution in [-0.2, 0) is 0 Å². The van der Waals surface area contributed by atoms with Crippen LogP contribution in [0, 0.1) is 6.92 Å². The predicted octanol–water partition coefficient (Wildman–Crippen LogP) is 2.81. The number of rotatable bonds is 2. The Balaban J connectivity index is 2.27. The lowest BCUT2D eigenvalue weighted by Crippen LogP contribution is -1.97. The number of benzene rings is 1. The summed E-state index contributed by atoms with van der Waals surface area (Å²) in [4.78, 5) is 7.66. The summed E-state index contributed by atoms with van der Waals surface area (Å²) in [6, 6.07) is 7.55. The van der Waals surface area contributed by atoms with Crippen LogP contribution in [0.3, 0.4) is 0 Å². The molecule has 0 saturated carbocycles. The Kier molecular flexibility index (Phi) is 2.92. The van der Waals surface area contributed by atoms with Crippen molar-refractivity contribution in [2.24, 2.45) is 0 Å². The molecule has 82 valence electrons. The van der Waals surface area contributed by atoms with Crippen LogP contribution in [0.5, 0.6) is 11.6 Å². The zero-order valence-corrected chi connectivity index (χ0v) is 9.40. The van der Waals surface area contributed by atoms with Crippen molar-refractivity contribution in [3.8, 4) is 11.6 Å². The third-order valence-electron chi connectivity index (χ3n) is 2.03. The topological polar surface area (TPSA) is 61.0 Å². The van der Waals surface area contributed by atoms with E-state index in [9.17, 15) is 0 Å². The molecular formula is C11H10ClN3O. The molecule has 0 amide bonds. The maximum atomic E-state index is 5.75. The molecule has 1 aromatic carbocycles. The van der Waals surface area contributed by atoms with Gasteiger partial charge >= 0.3 is 0 Å². The SMILES string of the molecule is Cc1ccc(Oc2ncnc(Cl)c2N)cc1. The van der Waals surface area contributed by atoms with E-state index in [0.717, 1.165) is 5.56 Å². The molecule has 0 aliphatic carbocycles. The van der Waals surface area contributed by atoms with Crippen molar-refractivity contribution in [3.63, 3.8) is 0 Å². The van der Waals surface area contributed by atoms with Gasteiger partial charge in [0.1, 0.15) is 17.8 Å². The minimum absolute atomic E-state index is 0.192. The van der Waals surface area contributed by atoms with Crippen LogP contribution in [-0.4, -0.2) is 9.97 Å². The number of anilines is 1. The van der Waals surface area contributed by atoms with Gasteiger partial charge in [-0.15, -0.1) is 0 Å². The Labute approximate surface area is 98.0 Å². The van der Waals surface area contributed by atoms with Crippen LogP contribution in [0.15, 0.2) is 30.6 Å². The van der Waals surface area contributed by atoms with Gasteiger partial charge in [0.25, 0.3) is 0 Å². The molecule has 0 unspecified atom stereocenters. The van der Waals surface area contributed by atoms with Gasteiger partial charge < -0.3 is 10.5 Å². The van der Waals surface area contributed by atoms with E-state index < -0.39 is 0 Å². The lowest BCUT2D eigenvalue weighted by Gasteiger charge is -2.07. The summed E-state index contributed by atoms with van der Waals surface area (Å²) in [5.41, 5.74) is 7.07. The molecule has 1 aromatic heterocycles. The molecule has 2 N–H and O–H groups in total. The summed E-state index contributed by atoms with van der Waals surface area (Å²) < 4.78 is 5.48. The molecule has 16 heavy (non-hydrogen) atoms. The Morgan fingerprint density at radius 2 is 1.88 bits per heavy atom. The van der Waals surface area contributed by atoms with E-state index in [1.807, 2.05) is 31.2 Å². The van der Waals surface area contributed by atoms with Crippen LogP contribution >= 0.6 is 11.6 Å². The van der Waals surface area contributed by atoms with E-state index in [-0.39, 0.29) is 16.7 Å². The van der Waals surface area contributed by atoms with Crippen LogP contribution in [0.1, 0.15) is 5.56 Å². The highest BCUT2D eigenvalue weighted by Crippen LogP contribution is 2.28. The second kappa shape index (κ2) is 4.37. The molecule has 0 spiro atoms. The molecule has 0 aliphatic heterocycles. The second-order valence-electron chi connectivity index (χ2n) is 3.30. The number of hydrogen-bond acceptors (Lipinski definition) is 4. The molecule has 5 heteroatoms. The Morgan fingerprint density at radius 1 is 1.19 bits per heavy atom. The van der Waals surface area contributed by atoms with Gasteiger partial charge in [0.15, 0.2) is 5.15 Å². The van der Waals surface area contributed by atoms with Gasteiger partial charge in [-0.3, -0.25) is 0 Å². The van der Waals surface area contributed by atoms with Crippen molar-refractivity contribution >= 4 is 17.3 Å². The third-order valence-corrected chi connectivity index (χ3v) is 2.34. The van der Waals surface area contributed by atoms with E-state index in [2.05, 4.69) is 9.97 Å². The maximum absolute atomic E-state index is 5.75. The van der Waals surface area contributed by atoms with Crippen molar-refractivity contribution in [1.29, 1.82) is 0 Å². The molecular weight excluding hydrogens is 226 g/mol. The van der Waals surface area contributed by atoms with Gasteiger partial charge in [-0.25, -0.2) is 4.98 Å². The zero-order valence-electron chi connectivity index (χ0n) is 8.64. The van der Waals surface area contributed by atoms with Gasteiger partial charge in [0.05, 0.1) is 0 Å². The number of aromatic nitrogens is 2. The summed E-state index contributed by atoms with van der Waals surface area (Å²) in [6.45, 7) is 2.00. The first-order valence-corrected chi connectivity index (χ1v) is 5.05. The van der Waals surface area contributed by atoms with Crippen LogP contribution in [0.2, 0.25) is 5.15 Å². The standard InChI is InChI=1S/C11H10ClN3O/c1-7-2-4-8(5-3-7)16-11-9(13)10(12)14-6-15-11/h2-6H,13H2,1H3. The van der Waals surface area contributed by atoms with Crippen LogP contribution < -0.4 is 10.5 Å². The first-order chi connectivity index (χ1) is 7.66. The Hall–Kier alpha value is -1.81. The first-order valence-electron chi connectivity index (χ1n) is 4.67. The Morgan fingerprint density at radius 3 is 2.56 bits per heavy atom. The highest BCUT2D eigenvalue weighted by atomic mass is 35.5. The molecule has 0 fully saturated rings. The number of nitrogen functional groups attached to an aromatic ring is 1. The van der Waals surface area contributed by atoms with Crippen molar-refractivity contribution in [2.75, 3.05) is 5.73 Å². The lowest BCUT2D eigenvalue weighted by molar-refractivity contribution is 0.464. The minimum Gasteiger partial charge on any atom is -0.437 e. The van der Waals surface area contributed by atoms with Crippen LogP contribution in [0.4, 0.5) is 5.69 Å². The Bertz CT molecular complexity index is 499. The number of ether oxygens (including phenoxy) is 1. The number of halogens is 1. The van der Waals surface area contributed by atoms with Crippen molar-refractivity contribution < 1.29 is 4.74 Å². The van der Waals surface area contributed by atoms with E-state index >= 15 is 0 Å². The average Bonchev–Trinajstić information content (AvgIpc) is 2.28. The molecule has 0 atom stereocenters. The summed E-state index contributed by atoms with van der Waals surface area (Å²) in [6.07, 6.45) is 1.31. The zero-order chi connectivity index (χ0) is 11.5. The fourth-order valence-electron chi connectivity index (χ4n) is 1.16. The smallest absolute Gasteiger partial charge is 0.247 e. The molecule has 1 heterocycles. The lowest BCUT2D eigenvalue weighted by atomic mass is 10.2. The quantitative estimate of drug-likeness (QED) is 0.813. The van der Waals surface area contributed by atoms with E-state index in [0.29, 0.717) is 5.75 Å². The highest BCUT2D eigenvalue weighted by Gasteiger charge is 2.07. The summed E-state index contributed by atoms with van der Waals surface area (Å²) in [5, 5.41) is 0.192. The third kappa shape index (κ3) is 2.23. The number of hydrogen-bond donors (Lipinski definition) is 1. The largest absolute Gasteiger partial charge is 0.437 e. The first kappa shape index (κ1) is 10.7. The fraction of sp³-hybridized carbons (Fsp3) is 0.0909. The normalized spacial score (nSPS) is 10.1. The van der Waals surface area contributed by atoms with E-state index in [1.54, 1.807) is 0 Å². The minimum atomic E-state index is 0.192. The molecule has 2 aromatic rings. The number of nitrogens with zero attached hydrogens (tertiary/aromatic N) is 2. The highest BCUT2D eigenvalue weighted by molar-refractivity contribution is 6.32. The number of nitrogens with two attached hydrogens (primary N) is 1. The molecule has 4 nitrogen and oxygen atoms in total. The van der Waals surface area contributed by atoms with Gasteiger partial charge in [-0.1, -0.05) is 29.3 Å². The summed E-state index contributed by atoms with van der Waals surface area (Å²) in [7, 11) is 0. The molecule has 2 rings (SSSR count).